The third kappa shape index (κ3) is 1.44. The maximum atomic E-state index is 11.0. The minimum Gasteiger partial charge on any atom is -0.273 e. The van der Waals surface area contributed by atoms with Gasteiger partial charge in [-0.15, -0.1) is 0 Å². The number of rotatable bonds is 1. The van der Waals surface area contributed by atoms with Gasteiger partial charge in [0.1, 0.15) is 0 Å². The van der Waals surface area contributed by atoms with Gasteiger partial charge < -0.3 is 0 Å². The summed E-state index contributed by atoms with van der Waals surface area (Å²) in [5.74, 6) is -0.210. The molecular formula is C9H7N2O3. The average Bonchev–Trinajstić information content (AvgIpc) is 2.16. The van der Waals surface area contributed by atoms with E-state index in [1.54, 1.807) is 6.07 Å². The highest BCUT2D eigenvalue weighted by molar-refractivity contribution is 5.80. The van der Waals surface area contributed by atoms with E-state index in [2.05, 4.69) is 5.32 Å². The molecule has 0 aromatic heterocycles. The Morgan fingerprint density at radius 3 is 2.86 bits per heavy atom. The highest BCUT2D eigenvalue weighted by Crippen LogP contribution is 2.21. The van der Waals surface area contributed by atoms with Crippen LogP contribution in [0.15, 0.2) is 18.2 Å². The number of benzene rings is 1. The molecule has 0 atom stereocenters. The molecule has 0 fully saturated rings. The fourth-order valence-electron chi connectivity index (χ4n) is 1.44. The molecule has 0 aliphatic carbocycles. The van der Waals surface area contributed by atoms with Crippen molar-refractivity contribution >= 4 is 11.6 Å². The first-order valence-corrected chi connectivity index (χ1v) is 4.13. The summed E-state index contributed by atoms with van der Waals surface area (Å²) >= 11 is 0. The lowest BCUT2D eigenvalue weighted by molar-refractivity contribution is -0.384. The Kier molecular flexibility index (Phi) is 1.92. The highest BCUT2D eigenvalue weighted by Gasteiger charge is 2.18. The molecule has 5 heteroatoms. The van der Waals surface area contributed by atoms with E-state index < -0.39 is 4.92 Å². The molecule has 14 heavy (non-hydrogen) atoms. The third-order valence-corrected chi connectivity index (χ3v) is 2.17. The van der Waals surface area contributed by atoms with Gasteiger partial charge in [-0.1, -0.05) is 6.07 Å². The van der Waals surface area contributed by atoms with Gasteiger partial charge in [0.25, 0.3) is 5.69 Å². The summed E-state index contributed by atoms with van der Waals surface area (Å²) in [5.41, 5.74) is 1.65. The Labute approximate surface area is 79.9 Å². The molecule has 0 spiro atoms. The number of non-ortho nitro benzene ring substituents is 1. The molecule has 0 saturated heterocycles. The Bertz CT molecular complexity index is 415. The molecule has 1 aromatic carbocycles. The SMILES string of the molecule is O=C1Cc2cc([N+](=O)[O-])ccc2C[N]1. The predicted molar refractivity (Wildman–Crippen MR) is 47.6 cm³/mol. The van der Waals surface area contributed by atoms with Crippen LogP contribution in [0.5, 0.6) is 0 Å². The molecule has 1 aromatic rings. The van der Waals surface area contributed by atoms with Crippen LogP contribution < -0.4 is 5.32 Å². The fourth-order valence-corrected chi connectivity index (χ4v) is 1.44. The predicted octanol–water partition coefficient (Wildman–Crippen LogP) is 0.782. The normalized spacial score (nSPS) is 14.4. The van der Waals surface area contributed by atoms with Crippen molar-refractivity contribution in [2.24, 2.45) is 0 Å². The lowest BCUT2D eigenvalue weighted by atomic mass is 10.0. The van der Waals surface area contributed by atoms with Crippen LogP contribution in [-0.2, 0) is 17.8 Å². The Morgan fingerprint density at radius 1 is 1.36 bits per heavy atom. The van der Waals surface area contributed by atoms with Crippen molar-refractivity contribution in [1.82, 2.24) is 5.32 Å². The van der Waals surface area contributed by atoms with Gasteiger partial charge in [0.05, 0.1) is 17.9 Å². The molecule has 71 valence electrons. The van der Waals surface area contributed by atoms with E-state index in [-0.39, 0.29) is 18.0 Å². The van der Waals surface area contributed by atoms with Crippen LogP contribution in [0.3, 0.4) is 0 Å². The Hall–Kier alpha value is -1.91. The van der Waals surface area contributed by atoms with Gasteiger partial charge in [0, 0.05) is 12.1 Å². The molecule has 0 bridgehead atoms. The first kappa shape index (κ1) is 8.68. The molecule has 1 amide bonds. The zero-order chi connectivity index (χ0) is 10.1. The molecule has 1 heterocycles. The Balaban J connectivity index is 2.42. The van der Waals surface area contributed by atoms with Crippen molar-refractivity contribution in [2.45, 2.75) is 13.0 Å². The summed E-state index contributed by atoms with van der Waals surface area (Å²) in [5, 5.41) is 14.2. The molecule has 0 N–H and O–H groups in total. The van der Waals surface area contributed by atoms with E-state index in [1.807, 2.05) is 0 Å². The summed E-state index contributed by atoms with van der Waals surface area (Å²) in [6.45, 7) is 0.339. The zero-order valence-electron chi connectivity index (χ0n) is 7.27. The van der Waals surface area contributed by atoms with E-state index in [9.17, 15) is 14.9 Å². The fraction of sp³-hybridized carbons (Fsp3) is 0.222. The third-order valence-electron chi connectivity index (χ3n) is 2.17. The van der Waals surface area contributed by atoms with Gasteiger partial charge in [-0.25, -0.2) is 5.32 Å². The van der Waals surface area contributed by atoms with Crippen LogP contribution >= 0.6 is 0 Å². The minimum absolute atomic E-state index is 0.0263. The maximum absolute atomic E-state index is 11.0. The molecule has 1 aliphatic heterocycles. The van der Waals surface area contributed by atoms with Gasteiger partial charge in [0.2, 0.25) is 5.91 Å². The van der Waals surface area contributed by atoms with Crippen LogP contribution in [-0.4, -0.2) is 10.8 Å². The number of nitrogens with zero attached hydrogens (tertiary/aromatic N) is 2. The van der Waals surface area contributed by atoms with E-state index in [4.69, 9.17) is 0 Å². The summed E-state index contributed by atoms with van der Waals surface area (Å²) in [6, 6.07) is 4.54. The average molecular weight is 191 g/mol. The second-order valence-corrected chi connectivity index (χ2v) is 3.10. The van der Waals surface area contributed by atoms with Crippen LogP contribution in [0.4, 0.5) is 5.69 Å². The second-order valence-electron chi connectivity index (χ2n) is 3.10. The lowest BCUT2D eigenvalue weighted by Gasteiger charge is -2.13. The number of nitro benzene ring substituents is 1. The van der Waals surface area contributed by atoms with Crippen molar-refractivity contribution in [1.29, 1.82) is 0 Å². The van der Waals surface area contributed by atoms with E-state index in [0.29, 0.717) is 6.54 Å². The monoisotopic (exact) mass is 191 g/mol. The van der Waals surface area contributed by atoms with Gasteiger partial charge in [-0.2, -0.15) is 0 Å². The number of nitro groups is 1. The standard InChI is InChI=1S/C9H7N2O3/c12-9-4-7-3-8(11(13)14)2-1-6(7)5-10-9/h1-3H,4-5H2. The summed E-state index contributed by atoms with van der Waals surface area (Å²) in [6.07, 6.45) is 0.178. The molecule has 5 nitrogen and oxygen atoms in total. The van der Waals surface area contributed by atoms with Crippen LogP contribution in [0, 0.1) is 10.1 Å². The summed E-state index contributed by atoms with van der Waals surface area (Å²) < 4.78 is 0. The number of carbonyl (C=O) groups is 1. The topological polar surface area (TPSA) is 74.3 Å². The van der Waals surface area contributed by atoms with Gasteiger partial charge in [-0.05, 0) is 11.1 Å². The number of hydrogen-bond acceptors (Lipinski definition) is 3. The smallest absolute Gasteiger partial charge is 0.269 e. The summed E-state index contributed by atoms with van der Waals surface area (Å²) in [4.78, 5) is 21.0. The van der Waals surface area contributed by atoms with Gasteiger partial charge in [-0.3, -0.25) is 14.9 Å². The van der Waals surface area contributed by atoms with E-state index >= 15 is 0 Å². The quantitative estimate of drug-likeness (QED) is 0.486. The van der Waals surface area contributed by atoms with E-state index in [1.165, 1.54) is 12.1 Å². The van der Waals surface area contributed by atoms with Crippen molar-refractivity contribution < 1.29 is 9.72 Å². The first-order valence-electron chi connectivity index (χ1n) is 4.13. The van der Waals surface area contributed by atoms with Crippen molar-refractivity contribution in [3.05, 3.63) is 39.4 Å². The number of fused-ring (bicyclic) bond motifs is 1. The van der Waals surface area contributed by atoms with Crippen molar-refractivity contribution in [3.8, 4) is 0 Å². The summed E-state index contributed by atoms with van der Waals surface area (Å²) in [7, 11) is 0. The second kappa shape index (κ2) is 3.10. The molecule has 1 aliphatic rings. The minimum atomic E-state index is -0.462. The molecule has 1 radical (unpaired) electrons. The van der Waals surface area contributed by atoms with Crippen LogP contribution in [0.25, 0.3) is 0 Å². The molecule has 2 rings (SSSR count). The highest BCUT2D eigenvalue weighted by atomic mass is 16.6. The Morgan fingerprint density at radius 2 is 2.14 bits per heavy atom. The van der Waals surface area contributed by atoms with E-state index in [0.717, 1.165) is 11.1 Å². The maximum Gasteiger partial charge on any atom is 0.269 e. The molecular weight excluding hydrogens is 184 g/mol. The lowest BCUT2D eigenvalue weighted by Crippen LogP contribution is -2.24. The molecule has 0 saturated carbocycles. The van der Waals surface area contributed by atoms with Gasteiger partial charge >= 0.3 is 0 Å². The van der Waals surface area contributed by atoms with Crippen LogP contribution in [0.1, 0.15) is 11.1 Å². The van der Waals surface area contributed by atoms with Crippen LogP contribution in [0.2, 0.25) is 0 Å². The zero-order valence-corrected chi connectivity index (χ0v) is 7.27. The number of carbonyl (C=O) groups excluding carboxylic acids is 1. The van der Waals surface area contributed by atoms with Crippen molar-refractivity contribution in [2.75, 3.05) is 0 Å². The number of hydrogen-bond donors (Lipinski definition) is 0. The van der Waals surface area contributed by atoms with Gasteiger partial charge in [0.15, 0.2) is 0 Å². The number of amides is 1. The molecule has 0 unspecified atom stereocenters. The van der Waals surface area contributed by atoms with Crippen molar-refractivity contribution in [3.63, 3.8) is 0 Å². The first-order chi connectivity index (χ1) is 6.66. The largest absolute Gasteiger partial charge is 0.273 e.